The highest BCUT2D eigenvalue weighted by molar-refractivity contribution is 5.91. The molecule has 0 aromatic carbocycles. The number of carbonyl (C=O) groups is 1. The molecule has 1 heterocycles. The molecule has 1 atom stereocenters. The lowest BCUT2D eigenvalue weighted by Gasteiger charge is -2.12. The molecule has 0 aliphatic heterocycles. The van der Waals surface area contributed by atoms with Gasteiger partial charge in [-0.1, -0.05) is 64.7 Å². The van der Waals surface area contributed by atoms with Crippen molar-refractivity contribution in [1.29, 1.82) is 0 Å². The number of furan rings is 1. The molecule has 0 saturated heterocycles. The first-order chi connectivity index (χ1) is 12.5. The Labute approximate surface area is 156 Å². The van der Waals surface area contributed by atoms with E-state index in [0.717, 1.165) is 12.8 Å². The van der Waals surface area contributed by atoms with E-state index >= 15 is 0 Å². The monoisotopic (exact) mass is 364 g/mol. The van der Waals surface area contributed by atoms with Crippen LogP contribution in [0.3, 0.4) is 0 Å². The SMILES string of the molecule is CCCCCCCCCCCC(C)NC(=O)C=Cc1ccc([N+](=O)[O-])o1. The Morgan fingerprint density at radius 3 is 2.35 bits per heavy atom. The van der Waals surface area contributed by atoms with Crippen molar-refractivity contribution >= 4 is 17.9 Å². The molecule has 0 spiro atoms. The molecule has 1 rings (SSSR count). The summed E-state index contributed by atoms with van der Waals surface area (Å²) in [6.07, 6.45) is 15.3. The minimum Gasteiger partial charge on any atom is -0.401 e. The van der Waals surface area contributed by atoms with E-state index in [1.165, 1.54) is 75.7 Å². The molecule has 26 heavy (non-hydrogen) atoms. The average molecular weight is 364 g/mol. The van der Waals surface area contributed by atoms with Crippen LogP contribution in [0.25, 0.3) is 6.08 Å². The molecule has 0 aliphatic carbocycles. The van der Waals surface area contributed by atoms with E-state index in [4.69, 9.17) is 4.42 Å². The average Bonchev–Trinajstić information content (AvgIpc) is 3.08. The van der Waals surface area contributed by atoms with E-state index in [-0.39, 0.29) is 17.8 Å². The van der Waals surface area contributed by atoms with Gasteiger partial charge in [-0.3, -0.25) is 14.9 Å². The zero-order valence-corrected chi connectivity index (χ0v) is 16.0. The van der Waals surface area contributed by atoms with E-state index in [1.54, 1.807) is 0 Å². The van der Waals surface area contributed by atoms with Gasteiger partial charge in [0, 0.05) is 12.1 Å². The summed E-state index contributed by atoms with van der Waals surface area (Å²) in [4.78, 5) is 21.8. The molecule has 0 bridgehead atoms. The summed E-state index contributed by atoms with van der Waals surface area (Å²) in [5.74, 6) is -0.255. The zero-order chi connectivity index (χ0) is 19.2. The number of unbranched alkanes of at least 4 members (excludes halogenated alkanes) is 8. The molecule has 0 radical (unpaired) electrons. The summed E-state index contributed by atoms with van der Waals surface area (Å²) in [5, 5.41) is 13.4. The van der Waals surface area contributed by atoms with Gasteiger partial charge in [0.1, 0.15) is 10.7 Å². The number of nitro groups is 1. The van der Waals surface area contributed by atoms with Crippen LogP contribution in [0.2, 0.25) is 0 Å². The molecule has 1 aromatic rings. The van der Waals surface area contributed by atoms with Crippen molar-refractivity contribution in [2.45, 2.75) is 84.1 Å². The summed E-state index contributed by atoms with van der Waals surface area (Å²) in [5.41, 5.74) is 0. The normalized spacial score (nSPS) is 12.4. The minimum atomic E-state index is -0.606. The van der Waals surface area contributed by atoms with Crippen LogP contribution in [0.15, 0.2) is 22.6 Å². The van der Waals surface area contributed by atoms with Gasteiger partial charge in [-0.2, -0.15) is 0 Å². The Hall–Kier alpha value is -2.11. The maximum absolute atomic E-state index is 11.9. The highest BCUT2D eigenvalue weighted by atomic mass is 16.6. The van der Waals surface area contributed by atoms with Crippen LogP contribution in [0.1, 0.15) is 83.8 Å². The van der Waals surface area contributed by atoms with E-state index in [9.17, 15) is 14.9 Å². The van der Waals surface area contributed by atoms with Crippen molar-refractivity contribution in [3.05, 3.63) is 34.1 Å². The molecule has 1 aromatic heterocycles. The maximum Gasteiger partial charge on any atom is 0.433 e. The first-order valence-electron chi connectivity index (χ1n) is 9.75. The summed E-state index contributed by atoms with van der Waals surface area (Å²) in [6, 6.07) is 2.85. The molecule has 0 fully saturated rings. The third-order valence-electron chi connectivity index (χ3n) is 4.32. The fraction of sp³-hybridized carbons (Fsp3) is 0.650. The predicted octanol–water partition coefficient (Wildman–Crippen LogP) is 5.63. The Kier molecular flexibility index (Phi) is 11.1. The standard InChI is InChI=1S/C20H32N2O4/c1-3-4-5-6-7-8-9-10-11-12-17(2)21-19(23)15-13-18-14-16-20(26-18)22(24)25/h13-17H,3-12H2,1-2H3,(H,21,23). The summed E-state index contributed by atoms with van der Waals surface area (Å²) in [6.45, 7) is 4.23. The second-order valence-electron chi connectivity index (χ2n) is 6.79. The molecule has 0 aliphatic rings. The van der Waals surface area contributed by atoms with Crippen LogP contribution in [0.5, 0.6) is 0 Å². The van der Waals surface area contributed by atoms with Gasteiger partial charge >= 0.3 is 5.88 Å². The van der Waals surface area contributed by atoms with Crippen molar-refractivity contribution < 1.29 is 14.1 Å². The van der Waals surface area contributed by atoms with Gasteiger partial charge in [-0.15, -0.1) is 0 Å². The van der Waals surface area contributed by atoms with E-state index in [0.29, 0.717) is 5.76 Å². The molecule has 1 N–H and O–H groups in total. The highest BCUT2D eigenvalue weighted by Crippen LogP contribution is 2.16. The second kappa shape index (κ2) is 13.1. The topological polar surface area (TPSA) is 85.4 Å². The molecule has 1 unspecified atom stereocenters. The van der Waals surface area contributed by atoms with Crippen LogP contribution in [-0.4, -0.2) is 16.9 Å². The number of amides is 1. The number of nitrogens with zero attached hydrogens (tertiary/aromatic N) is 1. The molecule has 146 valence electrons. The third kappa shape index (κ3) is 10.0. The van der Waals surface area contributed by atoms with Crippen LogP contribution in [-0.2, 0) is 4.79 Å². The maximum atomic E-state index is 11.9. The Balaban J connectivity index is 2.10. The van der Waals surface area contributed by atoms with E-state index in [1.807, 2.05) is 6.92 Å². The van der Waals surface area contributed by atoms with Crippen molar-refractivity contribution in [3.63, 3.8) is 0 Å². The quantitative estimate of drug-likeness (QED) is 0.201. The van der Waals surface area contributed by atoms with Gasteiger partial charge in [0.05, 0.1) is 6.07 Å². The van der Waals surface area contributed by atoms with Gasteiger partial charge in [0.15, 0.2) is 0 Å². The number of carbonyl (C=O) groups excluding carboxylic acids is 1. The molecule has 1 amide bonds. The van der Waals surface area contributed by atoms with Crippen molar-refractivity contribution in [2.24, 2.45) is 0 Å². The van der Waals surface area contributed by atoms with Crippen molar-refractivity contribution in [2.75, 3.05) is 0 Å². The van der Waals surface area contributed by atoms with Gasteiger partial charge in [-0.25, -0.2) is 0 Å². The van der Waals surface area contributed by atoms with Gasteiger partial charge in [0.25, 0.3) is 0 Å². The first kappa shape index (κ1) is 21.9. The largest absolute Gasteiger partial charge is 0.433 e. The zero-order valence-electron chi connectivity index (χ0n) is 16.0. The van der Waals surface area contributed by atoms with Crippen LogP contribution in [0.4, 0.5) is 5.88 Å². The van der Waals surface area contributed by atoms with Gasteiger partial charge in [0.2, 0.25) is 5.91 Å². The van der Waals surface area contributed by atoms with Crippen molar-refractivity contribution in [3.8, 4) is 0 Å². The van der Waals surface area contributed by atoms with E-state index < -0.39 is 4.92 Å². The lowest BCUT2D eigenvalue weighted by molar-refractivity contribution is -0.402. The Bertz CT molecular complexity index is 566. The molecular weight excluding hydrogens is 332 g/mol. The number of rotatable bonds is 14. The van der Waals surface area contributed by atoms with Crippen LogP contribution < -0.4 is 5.32 Å². The number of hydrogen-bond acceptors (Lipinski definition) is 4. The fourth-order valence-electron chi connectivity index (χ4n) is 2.81. The Morgan fingerprint density at radius 2 is 1.77 bits per heavy atom. The van der Waals surface area contributed by atoms with Gasteiger partial charge in [-0.05, 0) is 25.5 Å². The smallest absolute Gasteiger partial charge is 0.401 e. The van der Waals surface area contributed by atoms with Crippen LogP contribution >= 0.6 is 0 Å². The first-order valence-corrected chi connectivity index (χ1v) is 9.75. The highest BCUT2D eigenvalue weighted by Gasteiger charge is 2.10. The Morgan fingerprint density at radius 1 is 1.15 bits per heavy atom. The number of hydrogen-bond donors (Lipinski definition) is 1. The van der Waals surface area contributed by atoms with Crippen molar-refractivity contribution in [1.82, 2.24) is 5.32 Å². The summed E-state index contributed by atoms with van der Waals surface area (Å²) in [7, 11) is 0. The number of nitrogens with one attached hydrogen (secondary N) is 1. The second-order valence-corrected chi connectivity index (χ2v) is 6.79. The molecule has 6 nitrogen and oxygen atoms in total. The van der Waals surface area contributed by atoms with Gasteiger partial charge < -0.3 is 9.73 Å². The third-order valence-corrected chi connectivity index (χ3v) is 4.32. The van der Waals surface area contributed by atoms with E-state index in [2.05, 4.69) is 12.2 Å². The lowest BCUT2D eigenvalue weighted by Crippen LogP contribution is -2.30. The summed E-state index contributed by atoms with van der Waals surface area (Å²) >= 11 is 0. The molecule has 6 heteroatoms. The molecular formula is C20H32N2O4. The molecule has 0 saturated carbocycles. The lowest BCUT2D eigenvalue weighted by atomic mass is 10.0. The predicted molar refractivity (Wildman–Crippen MR) is 104 cm³/mol. The summed E-state index contributed by atoms with van der Waals surface area (Å²) < 4.78 is 4.97. The van der Waals surface area contributed by atoms with Crippen LogP contribution in [0, 0.1) is 10.1 Å². The minimum absolute atomic E-state index is 0.114. The fourth-order valence-corrected chi connectivity index (χ4v) is 2.81.